The fourth-order valence-corrected chi connectivity index (χ4v) is 1.48. The maximum Gasteiger partial charge on any atom is 0.307 e. The third-order valence-corrected chi connectivity index (χ3v) is 2.39. The van der Waals surface area contributed by atoms with E-state index >= 15 is 0 Å². The largest absolute Gasteiger partial charge is 0.481 e. The van der Waals surface area contributed by atoms with Gasteiger partial charge in [-0.3, -0.25) is 14.6 Å². The molecule has 1 N–H and O–H groups in total. The minimum atomic E-state index is -0.882. The smallest absolute Gasteiger partial charge is 0.307 e. The van der Waals surface area contributed by atoms with Crippen LogP contribution in [0.15, 0.2) is 24.5 Å². The molecule has 2 unspecified atom stereocenters. The summed E-state index contributed by atoms with van der Waals surface area (Å²) < 4.78 is 0. The molecule has 1 aliphatic carbocycles. The average molecular weight is 191 g/mol. The lowest BCUT2D eigenvalue weighted by molar-refractivity contribution is -0.138. The summed E-state index contributed by atoms with van der Waals surface area (Å²) >= 11 is 0. The molecule has 14 heavy (non-hydrogen) atoms. The van der Waals surface area contributed by atoms with Gasteiger partial charge in [-0.1, -0.05) is 0 Å². The van der Waals surface area contributed by atoms with Crippen molar-refractivity contribution in [2.45, 2.75) is 6.42 Å². The van der Waals surface area contributed by atoms with Gasteiger partial charge in [0.1, 0.15) is 0 Å². The molecule has 0 saturated heterocycles. The molecule has 0 aromatic carbocycles. The van der Waals surface area contributed by atoms with Gasteiger partial charge >= 0.3 is 5.97 Å². The predicted octanol–water partition coefficient (Wildman–Crippen LogP) is 0.985. The van der Waals surface area contributed by atoms with E-state index in [2.05, 4.69) is 4.98 Å². The molecule has 0 radical (unpaired) electrons. The number of aromatic nitrogens is 1. The minimum Gasteiger partial charge on any atom is -0.481 e. The number of carbonyl (C=O) groups is 2. The summed E-state index contributed by atoms with van der Waals surface area (Å²) in [5.74, 6) is -1.81. The zero-order valence-electron chi connectivity index (χ0n) is 7.38. The Morgan fingerprint density at radius 2 is 2.21 bits per heavy atom. The zero-order valence-corrected chi connectivity index (χ0v) is 7.38. The second-order valence-electron chi connectivity index (χ2n) is 3.39. The molecule has 1 aliphatic rings. The Bertz CT molecular complexity index is 374. The third kappa shape index (κ3) is 1.51. The first-order chi connectivity index (χ1) is 6.70. The van der Waals surface area contributed by atoms with E-state index in [1.807, 2.05) is 0 Å². The summed E-state index contributed by atoms with van der Waals surface area (Å²) in [6.45, 7) is 0. The summed E-state index contributed by atoms with van der Waals surface area (Å²) in [4.78, 5) is 26.0. The number of ketones is 1. The molecule has 1 aromatic heterocycles. The van der Waals surface area contributed by atoms with Crippen LogP contribution in [0.5, 0.6) is 0 Å². The van der Waals surface area contributed by atoms with Crippen LogP contribution in [0.3, 0.4) is 0 Å². The fraction of sp³-hybridized carbons (Fsp3) is 0.300. The topological polar surface area (TPSA) is 67.3 Å². The highest BCUT2D eigenvalue weighted by Gasteiger charge is 2.48. The second kappa shape index (κ2) is 3.21. The van der Waals surface area contributed by atoms with Gasteiger partial charge in [-0.05, 0) is 18.6 Å². The molecule has 1 fully saturated rings. The van der Waals surface area contributed by atoms with Crippen molar-refractivity contribution >= 4 is 11.8 Å². The molecule has 4 nitrogen and oxygen atoms in total. The molecule has 1 saturated carbocycles. The van der Waals surface area contributed by atoms with Gasteiger partial charge in [-0.25, -0.2) is 0 Å². The third-order valence-electron chi connectivity index (χ3n) is 2.39. The number of carbonyl (C=O) groups excluding carboxylic acids is 1. The Morgan fingerprint density at radius 1 is 1.43 bits per heavy atom. The zero-order chi connectivity index (χ0) is 10.1. The van der Waals surface area contributed by atoms with Crippen molar-refractivity contribution < 1.29 is 14.7 Å². The van der Waals surface area contributed by atoms with Gasteiger partial charge in [-0.2, -0.15) is 0 Å². The van der Waals surface area contributed by atoms with Crippen LogP contribution in [0.25, 0.3) is 0 Å². The van der Waals surface area contributed by atoms with E-state index in [1.165, 1.54) is 6.20 Å². The van der Waals surface area contributed by atoms with Crippen LogP contribution in [0, 0.1) is 11.8 Å². The first kappa shape index (κ1) is 8.87. The lowest BCUT2D eigenvalue weighted by atomic mass is 10.1. The Morgan fingerprint density at radius 3 is 2.71 bits per heavy atom. The van der Waals surface area contributed by atoms with E-state index in [-0.39, 0.29) is 11.7 Å². The van der Waals surface area contributed by atoms with Gasteiger partial charge in [0.2, 0.25) is 0 Å². The summed E-state index contributed by atoms with van der Waals surface area (Å²) in [6, 6.07) is 3.33. The van der Waals surface area contributed by atoms with Crippen molar-refractivity contribution in [3.05, 3.63) is 30.1 Å². The normalized spacial score (nSPS) is 24.3. The number of carboxylic acids is 1. The number of hydrogen-bond acceptors (Lipinski definition) is 3. The van der Waals surface area contributed by atoms with Crippen LogP contribution in [0.2, 0.25) is 0 Å². The second-order valence-corrected chi connectivity index (χ2v) is 3.39. The van der Waals surface area contributed by atoms with Crippen molar-refractivity contribution in [2.24, 2.45) is 11.8 Å². The first-order valence-corrected chi connectivity index (χ1v) is 4.37. The number of nitrogens with zero attached hydrogens (tertiary/aromatic N) is 1. The van der Waals surface area contributed by atoms with E-state index in [9.17, 15) is 9.59 Å². The summed E-state index contributed by atoms with van der Waals surface area (Å²) in [7, 11) is 0. The number of pyridine rings is 1. The lowest BCUT2D eigenvalue weighted by Crippen LogP contribution is -2.08. The van der Waals surface area contributed by atoms with Crippen molar-refractivity contribution in [2.75, 3.05) is 0 Å². The van der Waals surface area contributed by atoms with Crippen molar-refractivity contribution in [1.29, 1.82) is 0 Å². The van der Waals surface area contributed by atoms with Crippen LogP contribution in [-0.2, 0) is 4.79 Å². The van der Waals surface area contributed by atoms with Crippen LogP contribution in [0.4, 0.5) is 0 Å². The quantitative estimate of drug-likeness (QED) is 0.723. The summed E-state index contributed by atoms with van der Waals surface area (Å²) in [6.07, 6.45) is 3.51. The highest BCUT2D eigenvalue weighted by atomic mass is 16.4. The summed E-state index contributed by atoms with van der Waals surface area (Å²) in [5, 5.41) is 8.65. The molecular weight excluding hydrogens is 182 g/mol. The van der Waals surface area contributed by atoms with E-state index < -0.39 is 11.9 Å². The van der Waals surface area contributed by atoms with Crippen LogP contribution < -0.4 is 0 Å². The van der Waals surface area contributed by atoms with Crippen molar-refractivity contribution in [3.8, 4) is 0 Å². The lowest BCUT2D eigenvalue weighted by Gasteiger charge is -1.96. The van der Waals surface area contributed by atoms with Gasteiger partial charge in [0, 0.05) is 23.9 Å². The highest BCUT2D eigenvalue weighted by molar-refractivity contribution is 6.02. The Balaban J connectivity index is 2.09. The number of Topliss-reactive ketones (excluding diaryl/α,β-unsaturated/α-hetero) is 1. The molecule has 2 rings (SSSR count). The van der Waals surface area contributed by atoms with Crippen molar-refractivity contribution in [3.63, 3.8) is 0 Å². The maximum atomic E-state index is 11.6. The molecule has 2 atom stereocenters. The predicted molar refractivity (Wildman–Crippen MR) is 47.8 cm³/mol. The van der Waals surface area contributed by atoms with E-state index in [1.54, 1.807) is 18.3 Å². The first-order valence-electron chi connectivity index (χ1n) is 4.37. The molecule has 0 bridgehead atoms. The monoisotopic (exact) mass is 191 g/mol. The van der Waals surface area contributed by atoms with Gasteiger partial charge in [0.25, 0.3) is 0 Å². The van der Waals surface area contributed by atoms with Crippen LogP contribution >= 0.6 is 0 Å². The minimum absolute atomic E-state index is 0.106. The maximum absolute atomic E-state index is 11.6. The molecule has 0 aliphatic heterocycles. The molecular formula is C10H9NO3. The fourth-order valence-electron chi connectivity index (χ4n) is 1.48. The van der Waals surface area contributed by atoms with Gasteiger partial charge in [0.15, 0.2) is 5.78 Å². The van der Waals surface area contributed by atoms with Gasteiger partial charge in [0.05, 0.1) is 5.92 Å². The molecule has 0 spiro atoms. The van der Waals surface area contributed by atoms with Crippen LogP contribution in [0.1, 0.15) is 16.8 Å². The number of carboxylic acid groups (broad SMARTS) is 1. The van der Waals surface area contributed by atoms with Gasteiger partial charge < -0.3 is 5.11 Å². The summed E-state index contributed by atoms with van der Waals surface area (Å²) in [5.41, 5.74) is 0.501. The Labute approximate surface area is 80.6 Å². The number of aliphatic carboxylic acids is 1. The molecule has 0 amide bonds. The SMILES string of the molecule is O=C(O)C1CC1C(=O)c1cccnc1. The molecule has 1 aromatic rings. The molecule has 72 valence electrons. The molecule has 1 heterocycles. The van der Waals surface area contributed by atoms with Crippen LogP contribution in [-0.4, -0.2) is 21.8 Å². The average Bonchev–Trinajstić information content (AvgIpc) is 2.97. The molecule has 4 heteroatoms. The Hall–Kier alpha value is -1.71. The number of hydrogen-bond donors (Lipinski definition) is 1. The van der Waals surface area contributed by atoms with E-state index in [0.717, 1.165) is 0 Å². The van der Waals surface area contributed by atoms with E-state index in [0.29, 0.717) is 12.0 Å². The number of rotatable bonds is 3. The van der Waals surface area contributed by atoms with Crippen molar-refractivity contribution in [1.82, 2.24) is 4.98 Å². The van der Waals surface area contributed by atoms with E-state index in [4.69, 9.17) is 5.11 Å². The van der Waals surface area contributed by atoms with Gasteiger partial charge in [-0.15, -0.1) is 0 Å². The highest BCUT2D eigenvalue weighted by Crippen LogP contribution is 2.40. The Kier molecular flexibility index (Phi) is 2.04. The standard InChI is InChI=1S/C10H9NO3/c12-9(6-2-1-3-11-5-6)7-4-8(7)10(13)14/h1-3,5,7-8H,4H2,(H,13,14).